The number of hydrogen-bond donors (Lipinski definition) is 3. The molecule has 0 aliphatic rings. The third kappa shape index (κ3) is 2.70. The number of aliphatic hydroxyl groups excluding tert-OH is 1. The van der Waals surface area contributed by atoms with E-state index in [4.69, 9.17) is 5.73 Å². The lowest BCUT2D eigenvalue weighted by molar-refractivity contribution is 0.256. The number of phenolic OH excluding ortho intramolecular Hbond substituents is 1. The zero-order chi connectivity index (χ0) is 13.0. The number of phenols is 1. The summed E-state index contributed by atoms with van der Waals surface area (Å²) in [5.74, 6) is 0.0851. The molecular formula is C15H17NO2. The van der Waals surface area contributed by atoms with Crippen LogP contribution in [-0.2, 0) is 0 Å². The highest BCUT2D eigenvalue weighted by Crippen LogP contribution is 2.29. The first-order chi connectivity index (χ1) is 8.72. The van der Waals surface area contributed by atoms with E-state index in [0.29, 0.717) is 0 Å². The van der Waals surface area contributed by atoms with Crippen LogP contribution in [0.25, 0.3) is 0 Å². The second-order valence-corrected chi connectivity index (χ2v) is 4.33. The maximum Gasteiger partial charge on any atom is 0.115 e. The van der Waals surface area contributed by atoms with Gasteiger partial charge in [-0.1, -0.05) is 42.5 Å². The van der Waals surface area contributed by atoms with E-state index >= 15 is 0 Å². The molecule has 0 amide bonds. The lowest BCUT2D eigenvalue weighted by Gasteiger charge is -2.23. The lowest BCUT2D eigenvalue weighted by atomic mass is 9.85. The zero-order valence-electron chi connectivity index (χ0n) is 10.0. The SMILES string of the molecule is N[C@H](CO)C(c1ccccc1)c1cccc(O)c1. The Hall–Kier alpha value is -1.84. The standard InChI is InChI=1S/C15H17NO2/c16-14(10-17)15(11-5-2-1-3-6-11)12-7-4-8-13(18)9-12/h1-9,14-15,17-18H,10,16H2/t14-,15?/m1/s1. The maximum absolute atomic E-state index is 9.56. The van der Waals surface area contributed by atoms with Crippen LogP contribution in [0.15, 0.2) is 54.6 Å². The Labute approximate surface area is 107 Å². The fraction of sp³-hybridized carbons (Fsp3) is 0.200. The topological polar surface area (TPSA) is 66.5 Å². The Morgan fingerprint density at radius 2 is 1.61 bits per heavy atom. The Balaban J connectivity index is 2.43. The van der Waals surface area contributed by atoms with Crippen LogP contribution >= 0.6 is 0 Å². The lowest BCUT2D eigenvalue weighted by Crippen LogP contribution is -2.32. The fourth-order valence-electron chi connectivity index (χ4n) is 2.17. The molecule has 18 heavy (non-hydrogen) atoms. The molecule has 2 aromatic carbocycles. The minimum atomic E-state index is -0.394. The molecule has 94 valence electrons. The summed E-state index contributed by atoms with van der Waals surface area (Å²) in [6, 6.07) is 16.4. The average molecular weight is 243 g/mol. The molecule has 4 N–H and O–H groups in total. The van der Waals surface area contributed by atoms with Crippen molar-refractivity contribution in [2.24, 2.45) is 5.73 Å². The van der Waals surface area contributed by atoms with Crippen LogP contribution in [0.1, 0.15) is 17.0 Å². The summed E-state index contributed by atoms with van der Waals surface area (Å²) in [6.07, 6.45) is 0. The van der Waals surface area contributed by atoms with Crippen LogP contribution in [0, 0.1) is 0 Å². The highest BCUT2D eigenvalue weighted by molar-refractivity contribution is 5.38. The van der Waals surface area contributed by atoms with Crippen molar-refractivity contribution in [2.75, 3.05) is 6.61 Å². The van der Waals surface area contributed by atoms with Crippen molar-refractivity contribution >= 4 is 0 Å². The van der Waals surface area contributed by atoms with Crippen LogP contribution in [-0.4, -0.2) is 22.9 Å². The fourth-order valence-corrected chi connectivity index (χ4v) is 2.17. The summed E-state index contributed by atoms with van der Waals surface area (Å²) in [5.41, 5.74) is 7.94. The molecule has 0 spiro atoms. The normalized spacial score (nSPS) is 14.1. The molecule has 3 heteroatoms. The van der Waals surface area contributed by atoms with Crippen molar-refractivity contribution in [2.45, 2.75) is 12.0 Å². The minimum absolute atomic E-state index is 0.102. The predicted molar refractivity (Wildman–Crippen MR) is 71.5 cm³/mol. The van der Waals surface area contributed by atoms with Crippen LogP contribution in [0.4, 0.5) is 0 Å². The molecule has 0 radical (unpaired) electrons. The summed E-state index contributed by atoms with van der Waals surface area (Å²) in [4.78, 5) is 0. The van der Waals surface area contributed by atoms with Gasteiger partial charge in [0.1, 0.15) is 5.75 Å². The molecule has 3 nitrogen and oxygen atoms in total. The number of rotatable bonds is 4. The van der Waals surface area contributed by atoms with Gasteiger partial charge in [-0.3, -0.25) is 0 Å². The molecule has 0 saturated heterocycles. The van der Waals surface area contributed by atoms with Gasteiger partial charge in [0.05, 0.1) is 6.61 Å². The predicted octanol–water partition coefficient (Wildman–Crippen LogP) is 1.84. The van der Waals surface area contributed by atoms with Crippen LogP contribution in [0.2, 0.25) is 0 Å². The molecule has 0 aliphatic carbocycles. The molecule has 1 unspecified atom stereocenters. The van der Waals surface area contributed by atoms with Crippen molar-refractivity contribution in [3.05, 3.63) is 65.7 Å². The van der Waals surface area contributed by atoms with Gasteiger partial charge in [0.25, 0.3) is 0 Å². The van der Waals surface area contributed by atoms with Crippen molar-refractivity contribution in [1.82, 2.24) is 0 Å². The van der Waals surface area contributed by atoms with E-state index in [1.165, 1.54) is 0 Å². The van der Waals surface area contributed by atoms with Gasteiger partial charge < -0.3 is 15.9 Å². The van der Waals surface area contributed by atoms with Crippen molar-refractivity contribution in [3.8, 4) is 5.75 Å². The molecule has 0 bridgehead atoms. The van der Waals surface area contributed by atoms with Gasteiger partial charge in [-0.15, -0.1) is 0 Å². The molecule has 2 aromatic rings. The highest BCUT2D eigenvalue weighted by atomic mass is 16.3. The van der Waals surface area contributed by atoms with E-state index < -0.39 is 6.04 Å². The van der Waals surface area contributed by atoms with E-state index in [9.17, 15) is 10.2 Å². The first-order valence-electron chi connectivity index (χ1n) is 5.92. The third-order valence-electron chi connectivity index (χ3n) is 3.03. The Bertz CT molecular complexity index is 499. The van der Waals surface area contributed by atoms with Crippen molar-refractivity contribution in [3.63, 3.8) is 0 Å². The van der Waals surface area contributed by atoms with Gasteiger partial charge >= 0.3 is 0 Å². The van der Waals surface area contributed by atoms with Crippen molar-refractivity contribution in [1.29, 1.82) is 0 Å². The molecule has 0 aromatic heterocycles. The number of aromatic hydroxyl groups is 1. The third-order valence-corrected chi connectivity index (χ3v) is 3.03. The maximum atomic E-state index is 9.56. The number of benzene rings is 2. The van der Waals surface area contributed by atoms with Crippen LogP contribution in [0.5, 0.6) is 5.75 Å². The second-order valence-electron chi connectivity index (χ2n) is 4.33. The quantitative estimate of drug-likeness (QED) is 0.767. The minimum Gasteiger partial charge on any atom is -0.508 e. The first kappa shape index (κ1) is 12.6. The molecule has 2 atom stereocenters. The smallest absolute Gasteiger partial charge is 0.115 e. The molecule has 0 heterocycles. The molecule has 0 fully saturated rings. The summed E-state index contributed by atoms with van der Waals surface area (Å²) >= 11 is 0. The monoisotopic (exact) mass is 243 g/mol. The zero-order valence-corrected chi connectivity index (χ0v) is 10.0. The number of nitrogens with two attached hydrogens (primary N) is 1. The van der Waals surface area contributed by atoms with Gasteiger partial charge in [0, 0.05) is 12.0 Å². The Morgan fingerprint density at radius 1 is 0.944 bits per heavy atom. The van der Waals surface area contributed by atoms with E-state index in [1.54, 1.807) is 18.2 Å². The summed E-state index contributed by atoms with van der Waals surface area (Å²) in [6.45, 7) is -0.102. The van der Waals surface area contributed by atoms with Crippen LogP contribution < -0.4 is 5.73 Å². The average Bonchev–Trinajstić information content (AvgIpc) is 2.40. The highest BCUT2D eigenvalue weighted by Gasteiger charge is 2.21. The summed E-state index contributed by atoms with van der Waals surface area (Å²) in [7, 11) is 0. The van der Waals surface area contributed by atoms with E-state index in [-0.39, 0.29) is 18.3 Å². The van der Waals surface area contributed by atoms with Crippen molar-refractivity contribution < 1.29 is 10.2 Å². The van der Waals surface area contributed by atoms with E-state index in [0.717, 1.165) is 11.1 Å². The van der Waals surface area contributed by atoms with Gasteiger partial charge in [-0.05, 0) is 23.3 Å². The molecule has 2 rings (SSSR count). The van der Waals surface area contributed by atoms with E-state index in [2.05, 4.69) is 0 Å². The summed E-state index contributed by atoms with van der Waals surface area (Å²) in [5, 5.41) is 18.9. The number of hydrogen-bond acceptors (Lipinski definition) is 3. The first-order valence-corrected chi connectivity index (χ1v) is 5.92. The van der Waals surface area contributed by atoms with Gasteiger partial charge in [-0.2, -0.15) is 0 Å². The van der Waals surface area contributed by atoms with E-state index in [1.807, 2.05) is 36.4 Å². The summed E-state index contributed by atoms with van der Waals surface area (Å²) < 4.78 is 0. The van der Waals surface area contributed by atoms with Crippen LogP contribution in [0.3, 0.4) is 0 Å². The van der Waals surface area contributed by atoms with Gasteiger partial charge in [0.15, 0.2) is 0 Å². The second kappa shape index (κ2) is 5.67. The van der Waals surface area contributed by atoms with Gasteiger partial charge in [0.2, 0.25) is 0 Å². The number of aliphatic hydroxyl groups is 1. The molecule has 0 aliphatic heterocycles. The molecule has 0 saturated carbocycles. The Morgan fingerprint density at radius 3 is 2.22 bits per heavy atom. The van der Waals surface area contributed by atoms with Gasteiger partial charge in [-0.25, -0.2) is 0 Å². The Kier molecular flexibility index (Phi) is 3.97. The largest absolute Gasteiger partial charge is 0.508 e. The molecular weight excluding hydrogens is 226 g/mol.